The molecule has 4 rings (SSSR count). The van der Waals surface area contributed by atoms with Crippen molar-refractivity contribution in [2.75, 3.05) is 31.5 Å². The van der Waals surface area contributed by atoms with Crippen LogP contribution in [0.1, 0.15) is 25.7 Å². The highest BCUT2D eigenvalue weighted by Crippen LogP contribution is 2.29. The zero-order valence-corrected chi connectivity index (χ0v) is 15.5. The van der Waals surface area contributed by atoms with E-state index in [4.69, 9.17) is 0 Å². The molecule has 2 aromatic rings. The van der Waals surface area contributed by atoms with E-state index in [1.54, 1.807) is 4.90 Å². The predicted octanol–water partition coefficient (Wildman–Crippen LogP) is 3.44. The van der Waals surface area contributed by atoms with E-state index in [2.05, 4.69) is 10.3 Å². The van der Waals surface area contributed by atoms with Gasteiger partial charge in [-0.2, -0.15) is 0 Å². The topological polar surface area (TPSA) is 65.5 Å². The summed E-state index contributed by atoms with van der Waals surface area (Å²) < 4.78 is 27.4. The number of urea groups is 1. The summed E-state index contributed by atoms with van der Waals surface area (Å²) in [6.07, 6.45) is 3.50. The van der Waals surface area contributed by atoms with Crippen LogP contribution in [-0.4, -0.2) is 52.9 Å². The number of likely N-dealkylation sites (tertiary alicyclic amines) is 2. The number of carbonyl (C=O) groups excluding carboxylic acids is 2. The van der Waals surface area contributed by atoms with Crippen LogP contribution in [0.4, 0.5) is 18.7 Å². The van der Waals surface area contributed by atoms with Crippen molar-refractivity contribution in [3.63, 3.8) is 0 Å². The van der Waals surface area contributed by atoms with Gasteiger partial charge in [0.1, 0.15) is 11.3 Å². The monoisotopic (exact) mass is 394 g/mol. The van der Waals surface area contributed by atoms with E-state index in [-0.39, 0.29) is 28.5 Å². The first-order valence-corrected chi connectivity index (χ1v) is 9.93. The van der Waals surface area contributed by atoms with Crippen LogP contribution in [0.5, 0.6) is 0 Å². The van der Waals surface area contributed by atoms with E-state index < -0.39 is 11.6 Å². The van der Waals surface area contributed by atoms with Crippen LogP contribution < -0.4 is 5.32 Å². The molecule has 0 saturated carbocycles. The van der Waals surface area contributed by atoms with E-state index in [0.717, 1.165) is 49.8 Å². The molecular weight excluding hydrogens is 374 g/mol. The normalized spacial score (nSPS) is 20.3. The Labute approximate surface area is 159 Å². The minimum absolute atomic E-state index is 0.00235. The molecule has 2 saturated heterocycles. The summed E-state index contributed by atoms with van der Waals surface area (Å²) >= 11 is 1.03. The number of fused-ring (bicyclic) bond motifs is 1. The minimum Gasteiger partial charge on any atom is -0.325 e. The van der Waals surface area contributed by atoms with Gasteiger partial charge in [-0.3, -0.25) is 4.79 Å². The van der Waals surface area contributed by atoms with Gasteiger partial charge in [-0.1, -0.05) is 11.3 Å². The molecular formula is C18H20F2N4O2S. The SMILES string of the molecule is O=C(Nc1nc2c(F)cc(F)cc2s1)C1CCCN(C(=O)N2CCCC2)C1. The molecule has 144 valence electrons. The summed E-state index contributed by atoms with van der Waals surface area (Å²) in [7, 11) is 0. The summed E-state index contributed by atoms with van der Waals surface area (Å²) in [4.78, 5) is 32.8. The molecule has 3 amide bonds. The van der Waals surface area contributed by atoms with Crippen molar-refractivity contribution in [3.8, 4) is 0 Å². The molecule has 3 heterocycles. The number of nitrogens with zero attached hydrogens (tertiary/aromatic N) is 3. The molecule has 1 N–H and O–H groups in total. The molecule has 27 heavy (non-hydrogen) atoms. The average molecular weight is 394 g/mol. The van der Waals surface area contributed by atoms with Gasteiger partial charge < -0.3 is 15.1 Å². The molecule has 9 heteroatoms. The largest absolute Gasteiger partial charge is 0.325 e. The molecule has 2 aliphatic rings. The van der Waals surface area contributed by atoms with E-state index >= 15 is 0 Å². The van der Waals surface area contributed by atoms with Gasteiger partial charge in [0.05, 0.1) is 10.6 Å². The molecule has 1 aromatic heterocycles. The smallest absolute Gasteiger partial charge is 0.320 e. The third-order valence-electron chi connectivity index (χ3n) is 5.08. The van der Waals surface area contributed by atoms with Crippen LogP contribution >= 0.6 is 11.3 Å². The molecule has 2 aliphatic heterocycles. The van der Waals surface area contributed by atoms with E-state index in [1.165, 1.54) is 6.07 Å². The van der Waals surface area contributed by atoms with Crippen molar-refractivity contribution in [2.45, 2.75) is 25.7 Å². The Hall–Kier alpha value is -2.29. The van der Waals surface area contributed by atoms with Crippen LogP contribution in [0.15, 0.2) is 12.1 Å². The highest BCUT2D eigenvalue weighted by atomic mass is 32.1. The highest BCUT2D eigenvalue weighted by Gasteiger charge is 2.31. The Morgan fingerprint density at radius 2 is 1.85 bits per heavy atom. The maximum Gasteiger partial charge on any atom is 0.320 e. The molecule has 1 atom stereocenters. The number of rotatable bonds is 2. The number of anilines is 1. The van der Waals surface area contributed by atoms with Gasteiger partial charge in [0.25, 0.3) is 0 Å². The molecule has 2 fully saturated rings. The summed E-state index contributed by atoms with van der Waals surface area (Å²) in [5.74, 6) is -2.00. The van der Waals surface area contributed by atoms with Crippen molar-refractivity contribution in [2.24, 2.45) is 5.92 Å². The van der Waals surface area contributed by atoms with Gasteiger partial charge in [-0.25, -0.2) is 18.6 Å². The summed E-state index contributed by atoms with van der Waals surface area (Å²) in [5, 5.41) is 2.94. The summed E-state index contributed by atoms with van der Waals surface area (Å²) in [6.45, 7) is 2.58. The van der Waals surface area contributed by atoms with Crippen LogP contribution in [0.2, 0.25) is 0 Å². The van der Waals surface area contributed by atoms with Crippen molar-refractivity contribution in [1.29, 1.82) is 0 Å². The number of aromatic nitrogens is 1. The predicted molar refractivity (Wildman–Crippen MR) is 98.7 cm³/mol. The van der Waals surface area contributed by atoms with E-state index in [1.807, 2.05) is 4.90 Å². The number of halogens is 2. The van der Waals surface area contributed by atoms with E-state index in [0.29, 0.717) is 24.2 Å². The lowest BCUT2D eigenvalue weighted by atomic mass is 9.97. The van der Waals surface area contributed by atoms with Crippen molar-refractivity contribution in [1.82, 2.24) is 14.8 Å². The maximum absolute atomic E-state index is 13.8. The quantitative estimate of drug-likeness (QED) is 0.849. The number of piperidine rings is 1. The second-order valence-corrected chi connectivity index (χ2v) is 8.04. The molecule has 1 aromatic carbocycles. The number of carbonyl (C=O) groups is 2. The second kappa shape index (κ2) is 7.38. The third-order valence-corrected chi connectivity index (χ3v) is 6.00. The van der Waals surface area contributed by atoms with Gasteiger partial charge in [-0.05, 0) is 31.7 Å². The zero-order chi connectivity index (χ0) is 19.0. The molecule has 0 spiro atoms. The first-order valence-electron chi connectivity index (χ1n) is 9.11. The molecule has 0 radical (unpaired) electrons. The van der Waals surface area contributed by atoms with E-state index in [9.17, 15) is 18.4 Å². The Morgan fingerprint density at radius 1 is 1.11 bits per heavy atom. The summed E-state index contributed by atoms with van der Waals surface area (Å²) in [6, 6.07) is 1.97. The minimum atomic E-state index is -0.748. The standard InChI is InChI=1S/C18H20F2N4O2S/c19-12-8-13(20)15-14(9-12)27-17(21-15)22-16(25)11-4-3-7-24(10-11)18(26)23-5-1-2-6-23/h8-9,11H,1-7,10H2,(H,21,22,25). The molecule has 1 unspecified atom stereocenters. The van der Waals surface area contributed by atoms with Gasteiger partial charge in [0.2, 0.25) is 5.91 Å². The Balaban J connectivity index is 1.43. The van der Waals surface area contributed by atoms with Gasteiger partial charge in [-0.15, -0.1) is 0 Å². The molecule has 6 nitrogen and oxygen atoms in total. The zero-order valence-electron chi connectivity index (χ0n) is 14.7. The fourth-order valence-electron chi connectivity index (χ4n) is 3.69. The van der Waals surface area contributed by atoms with Crippen molar-refractivity contribution >= 4 is 38.6 Å². The maximum atomic E-state index is 13.8. The fourth-order valence-corrected chi connectivity index (χ4v) is 4.60. The van der Waals surface area contributed by atoms with Crippen LogP contribution in [0.25, 0.3) is 10.2 Å². The van der Waals surface area contributed by atoms with Crippen molar-refractivity contribution < 1.29 is 18.4 Å². The molecule has 0 aliphatic carbocycles. The second-order valence-electron chi connectivity index (χ2n) is 7.00. The van der Waals surface area contributed by atoms with Gasteiger partial charge >= 0.3 is 6.03 Å². The van der Waals surface area contributed by atoms with Crippen LogP contribution in [0, 0.1) is 17.6 Å². The third kappa shape index (κ3) is 3.73. The lowest BCUT2D eigenvalue weighted by Crippen LogP contribution is -2.48. The Kier molecular flexibility index (Phi) is 4.94. The molecule has 0 bridgehead atoms. The lowest BCUT2D eigenvalue weighted by Gasteiger charge is -2.34. The van der Waals surface area contributed by atoms with Crippen LogP contribution in [-0.2, 0) is 4.79 Å². The van der Waals surface area contributed by atoms with Crippen molar-refractivity contribution in [3.05, 3.63) is 23.8 Å². The Bertz CT molecular complexity index is 882. The van der Waals surface area contributed by atoms with Crippen LogP contribution in [0.3, 0.4) is 0 Å². The Morgan fingerprint density at radius 3 is 2.63 bits per heavy atom. The number of hydrogen-bond donors (Lipinski definition) is 1. The number of nitrogens with one attached hydrogen (secondary N) is 1. The fraction of sp³-hybridized carbons (Fsp3) is 0.500. The lowest BCUT2D eigenvalue weighted by molar-refractivity contribution is -0.121. The number of hydrogen-bond acceptors (Lipinski definition) is 4. The highest BCUT2D eigenvalue weighted by molar-refractivity contribution is 7.22. The van der Waals surface area contributed by atoms with Gasteiger partial charge in [0, 0.05) is 32.2 Å². The first-order chi connectivity index (χ1) is 13.0. The van der Waals surface area contributed by atoms with Gasteiger partial charge in [0.15, 0.2) is 10.9 Å². The number of amides is 3. The summed E-state index contributed by atoms with van der Waals surface area (Å²) in [5.41, 5.74) is 0.0474. The average Bonchev–Trinajstić information content (AvgIpc) is 3.31. The number of thiazole rings is 1. The number of benzene rings is 1. The first kappa shape index (κ1) is 18.1.